The molecular weight excluding hydrogens is 330 g/mol. The van der Waals surface area contributed by atoms with Gasteiger partial charge in [-0.1, -0.05) is 40.5 Å². The highest BCUT2D eigenvalue weighted by Gasteiger charge is 2.29. The van der Waals surface area contributed by atoms with Gasteiger partial charge < -0.3 is 15.0 Å². The predicted octanol–water partition coefficient (Wildman–Crippen LogP) is 2.73. The van der Waals surface area contributed by atoms with Gasteiger partial charge in [-0.25, -0.2) is 4.79 Å². The summed E-state index contributed by atoms with van der Waals surface area (Å²) in [6.45, 7) is 12.4. The summed E-state index contributed by atoms with van der Waals surface area (Å²) in [4.78, 5) is 28.5. The topological polar surface area (TPSA) is 61.9 Å². The Hall–Kier alpha value is -1.30. The molecule has 2 amide bonds. The fourth-order valence-electron chi connectivity index (χ4n) is 3.88. The molecule has 2 fully saturated rings. The van der Waals surface area contributed by atoms with Crippen molar-refractivity contribution in [2.75, 3.05) is 39.3 Å². The largest absolute Gasteiger partial charge is 0.449 e. The Labute approximate surface area is 158 Å². The minimum Gasteiger partial charge on any atom is -0.449 e. The number of carbonyl (C=O) groups excluding carboxylic acids is 2. The standard InChI is InChI=1S/C20H37N3O3/c1-15(2)14-26-20(25)23-10-6-9-22(11-12-23)13-19(24)21-18-8-5-7-16(3)17(18)4/h15-18H,5-14H2,1-4H3,(H,21,24). The van der Waals surface area contributed by atoms with Crippen LogP contribution in [-0.4, -0.2) is 67.2 Å². The van der Waals surface area contributed by atoms with Crippen molar-refractivity contribution >= 4 is 12.0 Å². The molecule has 2 aliphatic rings. The van der Waals surface area contributed by atoms with E-state index in [1.54, 1.807) is 4.90 Å². The van der Waals surface area contributed by atoms with Gasteiger partial charge in [0.25, 0.3) is 0 Å². The van der Waals surface area contributed by atoms with Crippen LogP contribution in [0, 0.1) is 17.8 Å². The molecule has 1 aliphatic carbocycles. The van der Waals surface area contributed by atoms with Gasteiger partial charge in [-0.3, -0.25) is 9.69 Å². The van der Waals surface area contributed by atoms with Crippen LogP contribution in [0.15, 0.2) is 0 Å². The first-order valence-corrected chi connectivity index (χ1v) is 10.3. The molecule has 6 heteroatoms. The number of carbonyl (C=O) groups is 2. The monoisotopic (exact) mass is 367 g/mol. The molecule has 0 bridgehead atoms. The highest BCUT2D eigenvalue weighted by atomic mass is 16.6. The summed E-state index contributed by atoms with van der Waals surface area (Å²) in [7, 11) is 0. The summed E-state index contributed by atoms with van der Waals surface area (Å²) in [5, 5.41) is 3.25. The summed E-state index contributed by atoms with van der Waals surface area (Å²) in [6, 6.07) is 0.306. The SMILES string of the molecule is CC(C)COC(=O)N1CCCN(CC(=O)NC2CCCC(C)C2C)CC1. The van der Waals surface area contributed by atoms with Crippen LogP contribution in [0.3, 0.4) is 0 Å². The number of rotatable bonds is 5. The summed E-state index contributed by atoms with van der Waals surface area (Å²) < 4.78 is 5.33. The number of amides is 2. The molecule has 0 aromatic rings. The highest BCUT2D eigenvalue weighted by Crippen LogP contribution is 2.29. The van der Waals surface area contributed by atoms with Crippen molar-refractivity contribution in [3.05, 3.63) is 0 Å². The van der Waals surface area contributed by atoms with E-state index in [1.165, 1.54) is 12.8 Å². The lowest BCUT2D eigenvalue weighted by molar-refractivity contribution is -0.123. The van der Waals surface area contributed by atoms with Gasteiger partial charge >= 0.3 is 6.09 Å². The predicted molar refractivity (Wildman–Crippen MR) is 103 cm³/mol. The molecule has 0 aromatic carbocycles. The Morgan fingerprint density at radius 1 is 1.08 bits per heavy atom. The van der Waals surface area contributed by atoms with E-state index >= 15 is 0 Å². The first-order chi connectivity index (χ1) is 12.4. The molecule has 0 spiro atoms. The summed E-state index contributed by atoms with van der Waals surface area (Å²) in [5.74, 6) is 1.68. The van der Waals surface area contributed by atoms with E-state index in [1.807, 2.05) is 13.8 Å². The molecule has 26 heavy (non-hydrogen) atoms. The second-order valence-corrected chi connectivity index (χ2v) is 8.53. The number of hydrogen-bond donors (Lipinski definition) is 1. The van der Waals surface area contributed by atoms with Crippen LogP contribution in [-0.2, 0) is 9.53 Å². The second kappa shape index (κ2) is 10.1. The number of hydrogen-bond acceptors (Lipinski definition) is 4. The lowest BCUT2D eigenvalue weighted by Crippen LogP contribution is -2.47. The maximum absolute atomic E-state index is 12.5. The van der Waals surface area contributed by atoms with Crippen LogP contribution in [0.4, 0.5) is 4.79 Å². The molecule has 1 saturated heterocycles. The van der Waals surface area contributed by atoms with E-state index in [0.29, 0.717) is 50.0 Å². The van der Waals surface area contributed by atoms with Crippen molar-refractivity contribution < 1.29 is 14.3 Å². The average molecular weight is 368 g/mol. The van der Waals surface area contributed by atoms with E-state index in [4.69, 9.17) is 4.74 Å². The molecule has 150 valence electrons. The third-order valence-electron chi connectivity index (χ3n) is 5.81. The van der Waals surface area contributed by atoms with E-state index in [-0.39, 0.29) is 12.0 Å². The molecule has 3 atom stereocenters. The lowest BCUT2D eigenvalue weighted by Gasteiger charge is -2.35. The minimum atomic E-state index is -0.227. The highest BCUT2D eigenvalue weighted by molar-refractivity contribution is 5.78. The Balaban J connectivity index is 1.74. The lowest BCUT2D eigenvalue weighted by atomic mass is 9.78. The fraction of sp³-hybridized carbons (Fsp3) is 0.900. The van der Waals surface area contributed by atoms with Crippen LogP contribution in [0.5, 0.6) is 0 Å². The van der Waals surface area contributed by atoms with Crippen molar-refractivity contribution in [1.82, 2.24) is 15.1 Å². The van der Waals surface area contributed by atoms with Crippen molar-refractivity contribution in [2.24, 2.45) is 17.8 Å². The fourth-order valence-corrected chi connectivity index (χ4v) is 3.88. The van der Waals surface area contributed by atoms with Gasteiger partial charge in [0.2, 0.25) is 5.91 Å². The van der Waals surface area contributed by atoms with E-state index < -0.39 is 0 Å². The minimum absolute atomic E-state index is 0.117. The Morgan fingerprint density at radius 2 is 1.85 bits per heavy atom. The van der Waals surface area contributed by atoms with Gasteiger partial charge in [-0.2, -0.15) is 0 Å². The first-order valence-electron chi connectivity index (χ1n) is 10.3. The Kier molecular flexibility index (Phi) is 8.19. The maximum Gasteiger partial charge on any atom is 0.409 e. The van der Waals surface area contributed by atoms with Gasteiger partial charge in [0.1, 0.15) is 0 Å². The van der Waals surface area contributed by atoms with Crippen molar-refractivity contribution in [2.45, 2.75) is 59.4 Å². The summed E-state index contributed by atoms with van der Waals surface area (Å²) in [6.07, 6.45) is 4.21. The molecule has 3 unspecified atom stereocenters. The van der Waals surface area contributed by atoms with Crippen LogP contribution >= 0.6 is 0 Å². The normalized spacial score (nSPS) is 27.9. The Bertz CT molecular complexity index is 469. The zero-order valence-electron chi connectivity index (χ0n) is 17.0. The van der Waals surface area contributed by atoms with Crippen LogP contribution in [0.2, 0.25) is 0 Å². The number of nitrogens with zero attached hydrogens (tertiary/aromatic N) is 2. The third-order valence-corrected chi connectivity index (χ3v) is 5.81. The molecule has 1 heterocycles. The number of nitrogens with one attached hydrogen (secondary N) is 1. The van der Waals surface area contributed by atoms with Crippen LogP contribution in [0.25, 0.3) is 0 Å². The smallest absolute Gasteiger partial charge is 0.409 e. The molecule has 6 nitrogen and oxygen atoms in total. The molecule has 1 N–H and O–H groups in total. The molecule has 1 saturated carbocycles. The molecule has 0 aromatic heterocycles. The van der Waals surface area contributed by atoms with Gasteiger partial charge in [0.05, 0.1) is 13.2 Å². The van der Waals surface area contributed by atoms with Crippen molar-refractivity contribution in [3.8, 4) is 0 Å². The molecule has 1 aliphatic heterocycles. The van der Waals surface area contributed by atoms with Crippen molar-refractivity contribution in [3.63, 3.8) is 0 Å². The van der Waals surface area contributed by atoms with E-state index in [9.17, 15) is 9.59 Å². The maximum atomic E-state index is 12.5. The summed E-state index contributed by atoms with van der Waals surface area (Å²) in [5.41, 5.74) is 0. The van der Waals surface area contributed by atoms with E-state index in [0.717, 1.165) is 25.9 Å². The van der Waals surface area contributed by atoms with Crippen LogP contribution < -0.4 is 5.32 Å². The molecular formula is C20H37N3O3. The third kappa shape index (κ3) is 6.45. The summed E-state index contributed by atoms with van der Waals surface area (Å²) >= 11 is 0. The van der Waals surface area contributed by atoms with Crippen molar-refractivity contribution in [1.29, 1.82) is 0 Å². The molecule has 2 rings (SSSR count). The van der Waals surface area contributed by atoms with Gasteiger partial charge in [-0.05, 0) is 30.6 Å². The number of ether oxygens (including phenoxy) is 1. The quantitative estimate of drug-likeness (QED) is 0.812. The molecule has 0 radical (unpaired) electrons. The second-order valence-electron chi connectivity index (χ2n) is 8.53. The first kappa shape index (κ1) is 21.0. The van der Waals surface area contributed by atoms with Gasteiger partial charge in [-0.15, -0.1) is 0 Å². The average Bonchev–Trinajstić information content (AvgIpc) is 2.82. The van der Waals surface area contributed by atoms with Gasteiger partial charge in [0, 0.05) is 32.2 Å². The van der Waals surface area contributed by atoms with Crippen LogP contribution in [0.1, 0.15) is 53.4 Å². The van der Waals surface area contributed by atoms with Gasteiger partial charge in [0.15, 0.2) is 0 Å². The Morgan fingerprint density at radius 3 is 2.58 bits per heavy atom. The zero-order chi connectivity index (χ0) is 19.1. The van der Waals surface area contributed by atoms with E-state index in [2.05, 4.69) is 24.1 Å². The zero-order valence-corrected chi connectivity index (χ0v) is 17.0.